The van der Waals surface area contributed by atoms with E-state index in [0.717, 1.165) is 25.7 Å². The molecule has 0 aromatic heterocycles. The van der Waals surface area contributed by atoms with Gasteiger partial charge in [0.05, 0.1) is 0 Å². The van der Waals surface area contributed by atoms with E-state index >= 15 is 0 Å². The monoisotopic (exact) mass is 240 g/mol. The predicted molar refractivity (Wildman–Crippen MR) is 67.5 cm³/mol. The first-order valence-electron chi connectivity index (χ1n) is 6.58. The highest BCUT2D eigenvalue weighted by molar-refractivity contribution is 5.81. The van der Waals surface area contributed by atoms with Crippen LogP contribution in [0.5, 0.6) is 0 Å². The molecule has 2 N–H and O–H groups in total. The van der Waals surface area contributed by atoms with E-state index in [1.54, 1.807) is 0 Å². The zero-order valence-corrected chi connectivity index (χ0v) is 11.1. The van der Waals surface area contributed by atoms with E-state index in [4.69, 9.17) is 0 Å². The second kappa shape index (κ2) is 6.62. The van der Waals surface area contributed by atoms with Crippen LogP contribution in [0.15, 0.2) is 0 Å². The fraction of sp³-hybridized carbons (Fsp3) is 0.846. The SMILES string of the molecule is CC(C)NC(=O)CCCC(C)NC(=O)C1CC1. The van der Waals surface area contributed by atoms with Crippen LogP contribution in [0.25, 0.3) is 0 Å². The Hall–Kier alpha value is -1.06. The molecule has 0 saturated heterocycles. The van der Waals surface area contributed by atoms with Gasteiger partial charge < -0.3 is 10.6 Å². The van der Waals surface area contributed by atoms with Crippen molar-refractivity contribution in [3.8, 4) is 0 Å². The van der Waals surface area contributed by atoms with Crippen LogP contribution >= 0.6 is 0 Å². The fourth-order valence-electron chi connectivity index (χ4n) is 1.74. The standard InChI is InChI=1S/C13H24N2O2/c1-9(2)14-12(16)6-4-5-10(3)15-13(17)11-7-8-11/h9-11H,4-8H2,1-3H3,(H,14,16)(H,15,17). The van der Waals surface area contributed by atoms with Gasteiger partial charge in [-0.05, 0) is 46.5 Å². The summed E-state index contributed by atoms with van der Waals surface area (Å²) in [5.41, 5.74) is 0. The summed E-state index contributed by atoms with van der Waals surface area (Å²) in [7, 11) is 0. The number of carbonyl (C=O) groups is 2. The lowest BCUT2D eigenvalue weighted by atomic mass is 10.1. The highest BCUT2D eigenvalue weighted by Crippen LogP contribution is 2.28. The molecule has 0 spiro atoms. The number of amides is 2. The van der Waals surface area contributed by atoms with Crippen LogP contribution in [-0.4, -0.2) is 23.9 Å². The minimum Gasteiger partial charge on any atom is -0.354 e. The van der Waals surface area contributed by atoms with E-state index in [-0.39, 0.29) is 29.8 Å². The van der Waals surface area contributed by atoms with Crippen molar-refractivity contribution in [2.45, 2.75) is 65.0 Å². The van der Waals surface area contributed by atoms with Crippen molar-refractivity contribution in [2.24, 2.45) is 5.92 Å². The molecular weight excluding hydrogens is 216 g/mol. The normalized spacial score (nSPS) is 16.7. The summed E-state index contributed by atoms with van der Waals surface area (Å²) < 4.78 is 0. The molecule has 1 fully saturated rings. The Morgan fingerprint density at radius 2 is 1.82 bits per heavy atom. The lowest BCUT2D eigenvalue weighted by molar-refractivity contribution is -0.122. The molecule has 0 bridgehead atoms. The van der Waals surface area contributed by atoms with Gasteiger partial charge in [0, 0.05) is 24.4 Å². The Kier molecular flexibility index (Phi) is 5.45. The van der Waals surface area contributed by atoms with Crippen LogP contribution in [0.2, 0.25) is 0 Å². The van der Waals surface area contributed by atoms with Crippen molar-refractivity contribution < 1.29 is 9.59 Å². The third-order valence-electron chi connectivity index (χ3n) is 2.83. The second-order valence-corrected chi connectivity index (χ2v) is 5.30. The van der Waals surface area contributed by atoms with Crippen molar-refractivity contribution >= 4 is 11.8 Å². The van der Waals surface area contributed by atoms with Gasteiger partial charge in [0.15, 0.2) is 0 Å². The number of hydrogen-bond donors (Lipinski definition) is 2. The van der Waals surface area contributed by atoms with Crippen LogP contribution in [0.1, 0.15) is 52.9 Å². The Morgan fingerprint density at radius 3 is 2.35 bits per heavy atom. The number of carbonyl (C=O) groups excluding carboxylic acids is 2. The average Bonchev–Trinajstić information content (AvgIpc) is 2.98. The molecule has 1 aliphatic rings. The molecule has 17 heavy (non-hydrogen) atoms. The minimum atomic E-state index is 0.0979. The zero-order chi connectivity index (χ0) is 12.8. The maximum Gasteiger partial charge on any atom is 0.223 e. The van der Waals surface area contributed by atoms with Crippen molar-refractivity contribution in [2.75, 3.05) is 0 Å². The first-order chi connectivity index (χ1) is 7.99. The summed E-state index contributed by atoms with van der Waals surface area (Å²) in [4.78, 5) is 22.8. The summed E-state index contributed by atoms with van der Waals surface area (Å²) in [5.74, 6) is 0.548. The number of hydrogen-bond acceptors (Lipinski definition) is 2. The third kappa shape index (κ3) is 6.29. The highest BCUT2D eigenvalue weighted by atomic mass is 16.2. The van der Waals surface area contributed by atoms with Crippen molar-refractivity contribution in [3.63, 3.8) is 0 Å². The molecule has 1 unspecified atom stereocenters. The molecule has 1 saturated carbocycles. The lowest BCUT2D eigenvalue weighted by Crippen LogP contribution is -2.34. The second-order valence-electron chi connectivity index (χ2n) is 5.30. The molecule has 4 heteroatoms. The van der Waals surface area contributed by atoms with Crippen molar-refractivity contribution in [1.29, 1.82) is 0 Å². The van der Waals surface area contributed by atoms with E-state index in [1.165, 1.54) is 0 Å². The van der Waals surface area contributed by atoms with Crippen LogP contribution in [-0.2, 0) is 9.59 Å². The van der Waals surface area contributed by atoms with Crippen LogP contribution in [0.4, 0.5) is 0 Å². The fourth-order valence-corrected chi connectivity index (χ4v) is 1.74. The summed E-state index contributed by atoms with van der Waals surface area (Å²) in [6.45, 7) is 5.91. The van der Waals surface area contributed by atoms with Gasteiger partial charge in [-0.2, -0.15) is 0 Å². The Balaban J connectivity index is 2.04. The Morgan fingerprint density at radius 1 is 1.18 bits per heavy atom. The van der Waals surface area contributed by atoms with Gasteiger partial charge in [0.2, 0.25) is 11.8 Å². The van der Waals surface area contributed by atoms with Gasteiger partial charge in [-0.15, -0.1) is 0 Å². The molecule has 1 rings (SSSR count). The smallest absolute Gasteiger partial charge is 0.223 e. The number of rotatable bonds is 7. The van der Waals surface area contributed by atoms with E-state index in [2.05, 4.69) is 10.6 Å². The van der Waals surface area contributed by atoms with Gasteiger partial charge in [-0.1, -0.05) is 0 Å². The topological polar surface area (TPSA) is 58.2 Å². The average molecular weight is 240 g/mol. The first kappa shape index (κ1) is 14.0. The molecule has 1 atom stereocenters. The van der Waals surface area contributed by atoms with Gasteiger partial charge in [-0.25, -0.2) is 0 Å². The first-order valence-corrected chi connectivity index (χ1v) is 6.58. The molecule has 0 aliphatic heterocycles. The summed E-state index contributed by atoms with van der Waals surface area (Å²) in [5, 5.41) is 5.84. The lowest BCUT2D eigenvalue weighted by Gasteiger charge is -2.13. The molecule has 0 aromatic rings. The van der Waals surface area contributed by atoms with E-state index < -0.39 is 0 Å². The predicted octanol–water partition coefficient (Wildman–Crippen LogP) is 1.60. The quantitative estimate of drug-likeness (QED) is 0.710. The van der Waals surface area contributed by atoms with E-state index in [0.29, 0.717) is 6.42 Å². The molecule has 2 amide bonds. The van der Waals surface area contributed by atoms with E-state index in [9.17, 15) is 9.59 Å². The number of nitrogens with one attached hydrogen (secondary N) is 2. The molecule has 1 aliphatic carbocycles. The summed E-state index contributed by atoms with van der Waals surface area (Å²) in [6, 6.07) is 0.379. The molecule has 0 aromatic carbocycles. The third-order valence-corrected chi connectivity index (χ3v) is 2.83. The highest BCUT2D eigenvalue weighted by Gasteiger charge is 2.30. The van der Waals surface area contributed by atoms with Crippen molar-refractivity contribution in [3.05, 3.63) is 0 Å². The van der Waals surface area contributed by atoms with Gasteiger partial charge >= 0.3 is 0 Å². The molecule has 0 radical (unpaired) electrons. The van der Waals surface area contributed by atoms with Crippen LogP contribution < -0.4 is 10.6 Å². The maximum absolute atomic E-state index is 11.5. The maximum atomic E-state index is 11.5. The zero-order valence-electron chi connectivity index (χ0n) is 11.1. The summed E-state index contributed by atoms with van der Waals surface area (Å²) >= 11 is 0. The van der Waals surface area contributed by atoms with Gasteiger partial charge in [0.1, 0.15) is 0 Å². The van der Waals surface area contributed by atoms with Gasteiger partial charge in [0.25, 0.3) is 0 Å². The Bertz CT molecular complexity index is 273. The molecule has 4 nitrogen and oxygen atoms in total. The summed E-state index contributed by atoms with van der Waals surface area (Å²) in [6.07, 6.45) is 4.31. The molecule has 98 valence electrons. The molecule has 0 heterocycles. The van der Waals surface area contributed by atoms with Gasteiger partial charge in [-0.3, -0.25) is 9.59 Å². The van der Waals surface area contributed by atoms with Crippen LogP contribution in [0.3, 0.4) is 0 Å². The Labute approximate surface area is 104 Å². The molecular formula is C13H24N2O2. The van der Waals surface area contributed by atoms with Crippen molar-refractivity contribution in [1.82, 2.24) is 10.6 Å². The van der Waals surface area contributed by atoms with E-state index in [1.807, 2.05) is 20.8 Å². The minimum absolute atomic E-state index is 0.0979. The van der Waals surface area contributed by atoms with Crippen LogP contribution in [0, 0.1) is 5.92 Å². The largest absolute Gasteiger partial charge is 0.354 e.